The predicted octanol–water partition coefficient (Wildman–Crippen LogP) is 2.16. The van der Waals surface area contributed by atoms with Gasteiger partial charge in [0.1, 0.15) is 11.6 Å². The number of benzene rings is 1. The van der Waals surface area contributed by atoms with Crippen LogP contribution in [0, 0.1) is 11.6 Å². The van der Waals surface area contributed by atoms with E-state index in [1.54, 1.807) is 15.7 Å². The lowest BCUT2D eigenvalue weighted by Crippen LogP contribution is -2.51. The van der Waals surface area contributed by atoms with Crippen LogP contribution in [0.25, 0.3) is 11.1 Å². The Bertz CT molecular complexity index is 1290. The molecule has 32 heavy (non-hydrogen) atoms. The van der Waals surface area contributed by atoms with Crippen LogP contribution in [0.5, 0.6) is 5.75 Å². The van der Waals surface area contributed by atoms with Gasteiger partial charge < -0.3 is 19.3 Å². The molecule has 0 spiro atoms. The molecule has 2 unspecified atom stereocenters. The first-order valence-corrected chi connectivity index (χ1v) is 10.2. The van der Waals surface area contributed by atoms with Crippen LogP contribution in [0.2, 0.25) is 0 Å². The van der Waals surface area contributed by atoms with Gasteiger partial charge in [-0.1, -0.05) is 6.07 Å². The monoisotopic (exact) mass is 442 g/mol. The summed E-state index contributed by atoms with van der Waals surface area (Å²) in [6, 6.07) is 2.88. The van der Waals surface area contributed by atoms with Crippen molar-refractivity contribution in [2.24, 2.45) is 0 Å². The fraction of sp³-hybridized carbons (Fsp3) is 0.318. The largest absolute Gasteiger partial charge is 0.503 e. The molecule has 0 bridgehead atoms. The SMILES string of the molecule is CCN1C(=O)c2c(O)c(=O)c(-c3cnn(Cc4ccc(F)cc4F)c3)cn2C2COCC21. The van der Waals surface area contributed by atoms with Gasteiger partial charge in [-0.2, -0.15) is 5.10 Å². The lowest BCUT2D eigenvalue weighted by atomic mass is 10.0. The molecule has 0 radical (unpaired) electrons. The fourth-order valence-corrected chi connectivity index (χ4v) is 4.47. The van der Waals surface area contributed by atoms with Crippen LogP contribution in [0.1, 0.15) is 29.0 Å². The Kier molecular flexibility index (Phi) is 4.81. The molecular formula is C22H20F2N4O4. The lowest BCUT2D eigenvalue weighted by Gasteiger charge is -2.38. The number of fused-ring (bicyclic) bond motifs is 3. The second kappa shape index (κ2) is 7.56. The molecule has 166 valence electrons. The molecule has 1 amide bonds. The Morgan fingerprint density at radius 3 is 2.72 bits per heavy atom. The number of likely N-dealkylation sites (N-methyl/N-ethyl adjacent to an activating group) is 1. The molecule has 3 aromatic rings. The number of hydrogen-bond donors (Lipinski definition) is 1. The van der Waals surface area contributed by atoms with Gasteiger partial charge in [-0.05, 0) is 13.0 Å². The van der Waals surface area contributed by atoms with E-state index in [0.717, 1.165) is 12.1 Å². The number of aromatic hydroxyl groups is 1. The first kappa shape index (κ1) is 20.4. The number of pyridine rings is 1. The number of halogens is 2. The third-order valence-corrected chi connectivity index (χ3v) is 6.09. The Hall–Kier alpha value is -3.53. The molecule has 1 N–H and O–H groups in total. The van der Waals surface area contributed by atoms with E-state index in [9.17, 15) is 23.5 Å². The van der Waals surface area contributed by atoms with Gasteiger partial charge in [-0.25, -0.2) is 8.78 Å². The smallest absolute Gasteiger partial charge is 0.274 e. The maximum absolute atomic E-state index is 14.0. The molecule has 1 fully saturated rings. The quantitative estimate of drug-likeness (QED) is 0.669. The maximum Gasteiger partial charge on any atom is 0.274 e. The fourth-order valence-electron chi connectivity index (χ4n) is 4.47. The predicted molar refractivity (Wildman–Crippen MR) is 109 cm³/mol. The summed E-state index contributed by atoms with van der Waals surface area (Å²) in [7, 11) is 0. The number of carbonyl (C=O) groups excluding carboxylic acids is 1. The van der Waals surface area contributed by atoms with Gasteiger partial charge in [0.05, 0.1) is 43.6 Å². The highest BCUT2D eigenvalue weighted by Gasteiger charge is 2.44. The van der Waals surface area contributed by atoms with Crippen LogP contribution in [-0.2, 0) is 11.3 Å². The molecule has 2 aliphatic heterocycles. The van der Waals surface area contributed by atoms with Crippen molar-refractivity contribution >= 4 is 5.91 Å². The molecular weight excluding hydrogens is 422 g/mol. The minimum absolute atomic E-state index is 0.0346. The third-order valence-electron chi connectivity index (χ3n) is 6.09. The maximum atomic E-state index is 14.0. The van der Waals surface area contributed by atoms with Gasteiger partial charge in [-0.3, -0.25) is 14.3 Å². The van der Waals surface area contributed by atoms with Crippen LogP contribution in [0.3, 0.4) is 0 Å². The molecule has 8 nitrogen and oxygen atoms in total. The molecule has 4 heterocycles. The highest BCUT2D eigenvalue weighted by Crippen LogP contribution is 2.35. The molecule has 0 saturated carbocycles. The summed E-state index contributed by atoms with van der Waals surface area (Å²) in [5.41, 5.74) is 0.0744. The number of carbonyl (C=O) groups is 1. The Balaban J connectivity index is 1.55. The van der Waals surface area contributed by atoms with E-state index in [-0.39, 0.29) is 35.4 Å². The molecule has 2 aliphatic rings. The summed E-state index contributed by atoms with van der Waals surface area (Å²) >= 11 is 0. The van der Waals surface area contributed by atoms with Crippen LogP contribution in [-0.4, -0.2) is 56.1 Å². The van der Waals surface area contributed by atoms with E-state index < -0.39 is 28.7 Å². The van der Waals surface area contributed by atoms with Crippen molar-refractivity contribution in [1.82, 2.24) is 19.2 Å². The highest BCUT2D eigenvalue weighted by atomic mass is 19.1. The summed E-state index contributed by atoms with van der Waals surface area (Å²) in [6.45, 7) is 3.04. The first-order chi connectivity index (χ1) is 15.4. The van der Waals surface area contributed by atoms with Gasteiger partial charge in [0, 0.05) is 36.1 Å². The Morgan fingerprint density at radius 1 is 1.19 bits per heavy atom. The van der Waals surface area contributed by atoms with E-state index in [2.05, 4.69) is 5.10 Å². The zero-order chi connectivity index (χ0) is 22.6. The van der Waals surface area contributed by atoms with Crippen LogP contribution in [0.15, 0.2) is 41.6 Å². The number of amides is 1. The zero-order valence-electron chi connectivity index (χ0n) is 17.2. The van der Waals surface area contributed by atoms with Crippen molar-refractivity contribution in [3.8, 4) is 16.9 Å². The number of ether oxygens (including phenoxy) is 1. The average molecular weight is 442 g/mol. The van der Waals surface area contributed by atoms with Gasteiger partial charge in [0.15, 0.2) is 11.4 Å². The molecule has 2 aromatic heterocycles. The van der Waals surface area contributed by atoms with Crippen LogP contribution < -0.4 is 5.43 Å². The molecule has 1 aromatic carbocycles. The third kappa shape index (κ3) is 3.10. The second-order valence-corrected chi connectivity index (χ2v) is 7.90. The number of nitrogens with zero attached hydrogens (tertiary/aromatic N) is 4. The van der Waals surface area contributed by atoms with E-state index in [1.165, 1.54) is 23.1 Å². The molecule has 5 rings (SSSR count). The molecule has 1 saturated heterocycles. The second-order valence-electron chi connectivity index (χ2n) is 7.90. The van der Waals surface area contributed by atoms with Gasteiger partial charge in [-0.15, -0.1) is 0 Å². The van der Waals surface area contributed by atoms with Crippen LogP contribution in [0.4, 0.5) is 8.78 Å². The molecule has 2 atom stereocenters. The van der Waals surface area contributed by atoms with E-state index in [0.29, 0.717) is 25.3 Å². The molecule has 0 aliphatic carbocycles. The van der Waals surface area contributed by atoms with Crippen molar-refractivity contribution in [2.45, 2.75) is 25.6 Å². The van der Waals surface area contributed by atoms with E-state index in [4.69, 9.17) is 4.74 Å². The number of hydrogen-bond acceptors (Lipinski definition) is 5. The topological polar surface area (TPSA) is 89.6 Å². The Labute approximate surface area is 181 Å². The summed E-state index contributed by atoms with van der Waals surface area (Å²) in [6.07, 6.45) is 4.52. The lowest BCUT2D eigenvalue weighted by molar-refractivity contribution is 0.0571. The summed E-state index contributed by atoms with van der Waals surface area (Å²) < 4.78 is 35.7. The Morgan fingerprint density at radius 2 is 1.97 bits per heavy atom. The number of rotatable bonds is 4. The number of aromatic nitrogens is 3. The van der Waals surface area contributed by atoms with Gasteiger partial charge >= 0.3 is 0 Å². The standard InChI is InChI=1S/C22H20F2N4O4/c1-2-27-17-10-32-11-18(17)28-9-15(20(29)21(30)19(28)22(27)31)13-6-25-26(8-13)7-12-3-4-14(23)5-16(12)24/h3-6,8-9,17-18,30H,2,7,10-11H2,1H3. The first-order valence-electron chi connectivity index (χ1n) is 10.2. The van der Waals surface area contributed by atoms with Crippen molar-refractivity contribution in [3.63, 3.8) is 0 Å². The minimum Gasteiger partial charge on any atom is -0.503 e. The van der Waals surface area contributed by atoms with Crippen molar-refractivity contribution in [1.29, 1.82) is 0 Å². The van der Waals surface area contributed by atoms with Crippen LogP contribution >= 0.6 is 0 Å². The summed E-state index contributed by atoms with van der Waals surface area (Å²) in [5, 5.41) is 14.8. The molecule has 10 heteroatoms. The summed E-state index contributed by atoms with van der Waals surface area (Å²) in [4.78, 5) is 27.5. The van der Waals surface area contributed by atoms with Crippen molar-refractivity contribution in [2.75, 3.05) is 19.8 Å². The van der Waals surface area contributed by atoms with E-state index >= 15 is 0 Å². The normalized spacial score (nSPS) is 19.8. The van der Waals surface area contributed by atoms with Gasteiger partial charge in [0.2, 0.25) is 5.43 Å². The van der Waals surface area contributed by atoms with Crippen molar-refractivity contribution < 1.29 is 23.4 Å². The zero-order valence-corrected chi connectivity index (χ0v) is 17.2. The summed E-state index contributed by atoms with van der Waals surface area (Å²) in [5.74, 6) is -2.40. The van der Waals surface area contributed by atoms with Gasteiger partial charge in [0.25, 0.3) is 5.91 Å². The van der Waals surface area contributed by atoms with E-state index in [1.807, 2.05) is 6.92 Å². The average Bonchev–Trinajstić information content (AvgIpc) is 3.42. The van der Waals surface area contributed by atoms with Crippen molar-refractivity contribution in [3.05, 3.63) is 69.9 Å². The minimum atomic E-state index is -0.695. The highest BCUT2D eigenvalue weighted by molar-refractivity contribution is 5.97.